The van der Waals surface area contributed by atoms with Crippen molar-refractivity contribution in [1.82, 2.24) is 26.6 Å². The molecule has 8 N–H and O–H groups in total. The van der Waals surface area contributed by atoms with Gasteiger partial charge in [0.15, 0.2) is 0 Å². The molecule has 0 aliphatic heterocycles. The first-order chi connectivity index (χ1) is 22.4. The lowest BCUT2D eigenvalue weighted by atomic mass is 10.1. The number of aliphatic carboxylic acids is 3. The highest BCUT2D eigenvalue weighted by Crippen LogP contribution is 2.06. The summed E-state index contributed by atoms with van der Waals surface area (Å²) in [5, 5.41) is 39.3. The van der Waals surface area contributed by atoms with Gasteiger partial charge in [-0.2, -0.15) is 0 Å². The van der Waals surface area contributed by atoms with Crippen molar-refractivity contribution in [3.63, 3.8) is 0 Å². The number of hydrogen-bond donors (Lipinski definition) is 8. The molecule has 0 radical (unpaired) electrons. The maximum absolute atomic E-state index is 12.1. The van der Waals surface area contributed by atoms with E-state index >= 15 is 0 Å². The van der Waals surface area contributed by atoms with Crippen molar-refractivity contribution in [2.75, 3.05) is 59.3 Å². The lowest BCUT2D eigenvalue weighted by Crippen LogP contribution is -2.51. The van der Waals surface area contributed by atoms with Crippen LogP contribution in [0.2, 0.25) is 0 Å². The van der Waals surface area contributed by atoms with Crippen molar-refractivity contribution in [2.24, 2.45) is 0 Å². The van der Waals surface area contributed by atoms with Crippen molar-refractivity contribution in [2.45, 2.75) is 83.2 Å². The molecule has 47 heavy (non-hydrogen) atoms. The fraction of sp³-hybridized carbons (Fsp3) is 0.759. The van der Waals surface area contributed by atoms with Gasteiger partial charge < -0.3 is 56.1 Å². The first kappa shape index (κ1) is 43.0. The molecule has 270 valence electrons. The quantitative estimate of drug-likeness (QED) is 0.0450. The molecule has 0 aliphatic rings. The summed E-state index contributed by atoms with van der Waals surface area (Å²) in [7, 11) is 0. The molecular formula is C29H51N5O13. The van der Waals surface area contributed by atoms with Gasteiger partial charge in [0.2, 0.25) is 17.7 Å². The maximum Gasteiger partial charge on any atom is 0.326 e. The van der Waals surface area contributed by atoms with Gasteiger partial charge in [-0.05, 0) is 25.7 Å². The third-order valence-electron chi connectivity index (χ3n) is 6.35. The summed E-state index contributed by atoms with van der Waals surface area (Å²) in [5.41, 5.74) is 0. The highest BCUT2D eigenvalue weighted by molar-refractivity contribution is 5.86. The number of unbranched alkanes of at least 4 members (excludes halogenated alkanes) is 4. The molecule has 5 amide bonds. The Morgan fingerprint density at radius 3 is 1.51 bits per heavy atom. The lowest BCUT2D eigenvalue weighted by molar-refractivity contribution is -0.141. The number of carbonyl (C=O) groups excluding carboxylic acids is 4. The van der Waals surface area contributed by atoms with Gasteiger partial charge in [-0.1, -0.05) is 19.3 Å². The Morgan fingerprint density at radius 2 is 0.979 bits per heavy atom. The van der Waals surface area contributed by atoms with Gasteiger partial charge in [0.1, 0.15) is 12.1 Å². The Bertz CT molecular complexity index is 967. The van der Waals surface area contributed by atoms with Crippen LogP contribution in [0.5, 0.6) is 0 Å². The number of urea groups is 1. The molecule has 0 aromatic heterocycles. The van der Waals surface area contributed by atoms with Crippen LogP contribution in [0, 0.1) is 0 Å². The van der Waals surface area contributed by atoms with Crippen LogP contribution < -0.4 is 26.6 Å². The van der Waals surface area contributed by atoms with Crippen LogP contribution in [0.3, 0.4) is 0 Å². The summed E-state index contributed by atoms with van der Waals surface area (Å²) in [6.45, 7) is 5.15. The number of carboxylic acid groups (broad SMARTS) is 3. The van der Waals surface area contributed by atoms with Crippen molar-refractivity contribution in [3.8, 4) is 0 Å². The van der Waals surface area contributed by atoms with Gasteiger partial charge in [0.25, 0.3) is 0 Å². The minimum atomic E-state index is -1.52. The zero-order valence-electron chi connectivity index (χ0n) is 27.0. The van der Waals surface area contributed by atoms with E-state index in [-0.39, 0.29) is 31.1 Å². The SMILES string of the molecule is CC(=O)NCCOCCOCCOCCNC(=O)CCCCCCCNC(=O)CCC(NC(=O)NC(CCC(=O)O)C(=O)O)C(=O)O. The highest BCUT2D eigenvalue weighted by atomic mass is 16.5. The Balaban J connectivity index is 3.78. The van der Waals surface area contributed by atoms with Crippen LogP contribution in [-0.2, 0) is 43.0 Å². The molecule has 18 nitrogen and oxygen atoms in total. The van der Waals surface area contributed by atoms with E-state index in [0.717, 1.165) is 25.7 Å². The largest absolute Gasteiger partial charge is 0.481 e. The van der Waals surface area contributed by atoms with E-state index in [9.17, 15) is 38.7 Å². The summed E-state index contributed by atoms with van der Waals surface area (Å²) >= 11 is 0. The molecule has 2 atom stereocenters. The molecule has 0 aliphatic carbocycles. The topological polar surface area (TPSA) is 268 Å². The first-order valence-electron chi connectivity index (χ1n) is 15.7. The second kappa shape index (κ2) is 28.2. The standard InChI is InChI=1S/C29H51N5O13/c1-21(35)30-13-15-45-17-19-47-20-18-46-16-14-32-24(36)7-5-3-2-4-6-12-31-25(37)10-8-22(27(40)41)33-29(44)34-23(28(42)43)9-11-26(38)39/h22-23H,2-20H2,1H3,(H,30,35)(H,31,37)(H,32,36)(H,38,39)(H,40,41)(H,42,43)(H2,33,34,44). The summed E-state index contributed by atoms with van der Waals surface area (Å²) < 4.78 is 16.1. The average molecular weight is 678 g/mol. The number of nitrogens with one attached hydrogen (secondary N) is 5. The third kappa shape index (κ3) is 28.0. The Labute approximate surface area is 274 Å². The molecule has 0 bridgehead atoms. The molecule has 0 aromatic rings. The molecule has 0 saturated carbocycles. The monoisotopic (exact) mass is 677 g/mol. The Hall–Kier alpha value is -4.03. The number of amides is 5. The van der Waals surface area contributed by atoms with E-state index in [0.29, 0.717) is 72.1 Å². The molecule has 18 heteroatoms. The Kier molecular flexibility index (Phi) is 25.8. The van der Waals surface area contributed by atoms with E-state index in [1.165, 1.54) is 6.92 Å². The maximum atomic E-state index is 12.1. The van der Waals surface area contributed by atoms with E-state index in [4.69, 9.17) is 24.4 Å². The number of carbonyl (C=O) groups is 7. The molecule has 2 unspecified atom stereocenters. The predicted molar refractivity (Wildman–Crippen MR) is 165 cm³/mol. The van der Waals surface area contributed by atoms with Gasteiger partial charge in [0.05, 0.1) is 39.6 Å². The van der Waals surface area contributed by atoms with Gasteiger partial charge in [-0.15, -0.1) is 0 Å². The zero-order valence-corrected chi connectivity index (χ0v) is 27.0. The van der Waals surface area contributed by atoms with Gasteiger partial charge in [-0.25, -0.2) is 14.4 Å². The third-order valence-corrected chi connectivity index (χ3v) is 6.35. The first-order valence-corrected chi connectivity index (χ1v) is 15.7. The van der Waals surface area contributed by atoms with E-state index in [2.05, 4.69) is 21.3 Å². The van der Waals surface area contributed by atoms with Crippen LogP contribution >= 0.6 is 0 Å². The molecule has 0 spiro atoms. The van der Waals surface area contributed by atoms with Crippen LogP contribution in [0.4, 0.5) is 4.79 Å². The van der Waals surface area contributed by atoms with Crippen LogP contribution in [0.1, 0.15) is 71.1 Å². The molecule has 0 fully saturated rings. The van der Waals surface area contributed by atoms with Gasteiger partial charge in [0, 0.05) is 45.8 Å². The molecule has 0 rings (SSSR count). The van der Waals surface area contributed by atoms with Crippen molar-refractivity contribution in [3.05, 3.63) is 0 Å². The van der Waals surface area contributed by atoms with Crippen LogP contribution in [-0.4, -0.2) is 128 Å². The summed E-state index contributed by atoms with van der Waals surface area (Å²) in [6, 6.07) is -4.07. The second-order valence-corrected chi connectivity index (χ2v) is 10.4. The zero-order chi connectivity index (χ0) is 35.3. The lowest BCUT2D eigenvalue weighted by Gasteiger charge is -2.18. The number of ether oxygens (including phenoxy) is 3. The minimum Gasteiger partial charge on any atom is -0.481 e. The Morgan fingerprint density at radius 1 is 0.532 bits per heavy atom. The van der Waals surface area contributed by atoms with Crippen molar-refractivity contribution >= 4 is 41.7 Å². The molecule has 0 aromatic carbocycles. The average Bonchev–Trinajstić information content (AvgIpc) is 3.00. The van der Waals surface area contributed by atoms with Crippen LogP contribution in [0.15, 0.2) is 0 Å². The van der Waals surface area contributed by atoms with Crippen molar-refractivity contribution < 1.29 is 63.1 Å². The van der Waals surface area contributed by atoms with Crippen molar-refractivity contribution in [1.29, 1.82) is 0 Å². The summed E-state index contributed by atoms with van der Waals surface area (Å²) in [4.78, 5) is 80.0. The summed E-state index contributed by atoms with van der Waals surface area (Å²) in [6.07, 6.45) is 3.06. The number of carboxylic acids is 3. The van der Waals surface area contributed by atoms with E-state index < -0.39 is 48.4 Å². The number of rotatable bonds is 30. The fourth-order valence-electron chi connectivity index (χ4n) is 3.87. The van der Waals surface area contributed by atoms with Crippen LogP contribution in [0.25, 0.3) is 0 Å². The summed E-state index contributed by atoms with van der Waals surface area (Å²) in [5.74, 6) is -4.69. The van der Waals surface area contributed by atoms with E-state index in [1.807, 2.05) is 5.32 Å². The minimum absolute atomic E-state index is 0.0555. The highest BCUT2D eigenvalue weighted by Gasteiger charge is 2.25. The van der Waals surface area contributed by atoms with Gasteiger partial charge >= 0.3 is 23.9 Å². The molecule has 0 saturated heterocycles. The van der Waals surface area contributed by atoms with Gasteiger partial charge in [-0.3, -0.25) is 19.2 Å². The normalized spacial score (nSPS) is 11.9. The fourth-order valence-corrected chi connectivity index (χ4v) is 3.87. The van der Waals surface area contributed by atoms with E-state index in [1.54, 1.807) is 0 Å². The second-order valence-electron chi connectivity index (χ2n) is 10.4. The smallest absolute Gasteiger partial charge is 0.326 e. The number of hydrogen-bond acceptors (Lipinski definition) is 10. The predicted octanol–water partition coefficient (Wildman–Crippen LogP) is -0.404. The molecule has 0 heterocycles. The molecular weight excluding hydrogens is 626 g/mol.